The summed E-state index contributed by atoms with van der Waals surface area (Å²) in [5.74, 6) is 0.548. The molecule has 0 aliphatic carbocycles. The first-order valence-corrected chi connectivity index (χ1v) is 10.6. The van der Waals surface area contributed by atoms with Gasteiger partial charge >= 0.3 is 5.69 Å². The van der Waals surface area contributed by atoms with E-state index in [9.17, 15) is 14.4 Å². The Kier molecular flexibility index (Phi) is 8.87. The molecular weight excluding hydrogens is 398 g/mol. The molecule has 1 aromatic heterocycles. The van der Waals surface area contributed by atoms with E-state index in [0.717, 1.165) is 17.7 Å². The number of rotatable bonds is 11. The van der Waals surface area contributed by atoms with Crippen molar-refractivity contribution in [1.82, 2.24) is 14.5 Å². The number of nitrogen functional groups attached to an aromatic ring is 1. The number of likely N-dealkylation sites (N-methyl/N-ethyl adjacent to an activating group) is 1. The van der Waals surface area contributed by atoms with Crippen LogP contribution in [0.3, 0.4) is 0 Å². The fourth-order valence-corrected chi connectivity index (χ4v) is 3.38. The smallest absolute Gasteiger partial charge is 0.330 e. The third kappa shape index (κ3) is 6.21. The highest BCUT2D eigenvalue weighted by Crippen LogP contribution is 2.19. The first-order chi connectivity index (χ1) is 14.8. The van der Waals surface area contributed by atoms with Gasteiger partial charge in [0.15, 0.2) is 5.69 Å². The van der Waals surface area contributed by atoms with Crippen LogP contribution in [0.5, 0.6) is 5.75 Å². The molecule has 9 nitrogen and oxygen atoms in total. The molecule has 0 radical (unpaired) electrons. The number of methoxy groups -OCH3 is 1. The Bertz CT molecular complexity index is 981. The lowest BCUT2D eigenvalue weighted by molar-refractivity contribution is -0.119. The quantitative estimate of drug-likeness (QED) is 0.561. The van der Waals surface area contributed by atoms with Gasteiger partial charge in [-0.25, -0.2) is 4.79 Å². The number of H-pyrrole nitrogens is 1. The topological polar surface area (TPSA) is 114 Å². The predicted molar refractivity (Wildman–Crippen MR) is 123 cm³/mol. The second kappa shape index (κ2) is 11.4. The molecule has 1 aromatic carbocycles. The highest BCUT2D eigenvalue weighted by molar-refractivity contribution is 5.96. The van der Waals surface area contributed by atoms with Gasteiger partial charge in [-0.1, -0.05) is 32.4 Å². The van der Waals surface area contributed by atoms with Crippen molar-refractivity contribution in [3.8, 4) is 5.75 Å². The summed E-state index contributed by atoms with van der Waals surface area (Å²) < 4.78 is 6.48. The number of carbonyl (C=O) groups is 1. The Morgan fingerprint density at radius 3 is 2.42 bits per heavy atom. The molecule has 2 aromatic rings. The zero-order chi connectivity index (χ0) is 23.0. The van der Waals surface area contributed by atoms with Gasteiger partial charge < -0.3 is 15.4 Å². The molecule has 2 rings (SSSR count). The Morgan fingerprint density at radius 1 is 1.16 bits per heavy atom. The van der Waals surface area contributed by atoms with Gasteiger partial charge in [-0.05, 0) is 37.6 Å². The molecule has 0 aliphatic rings. The Morgan fingerprint density at radius 2 is 1.84 bits per heavy atom. The number of unbranched alkanes of at least 4 members (excludes halogenated alkanes) is 1. The number of benzene rings is 1. The minimum Gasteiger partial charge on any atom is -0.497 e. The zero-order valence-corrected chi connectivity index (χ0v) is 18.8. The van der Waals surface area contributed by atoms with Gasteiger partial charge in [-0.3, -0.25) is 24.0 Å². The molecule has 1 amide bonds. The van der Waals surface area contributed by atoms with Crippen molar-refractivity contribution in [3.63, 3.8) is 0 Å². The first-order valence-electron chi connectivity index (χ1n) is 10.6. The largest absolute Gasteiger partial charge is 0.497 e. The summed E-state index contributed by atoms with van der Waals surface area (Å²) in [6, 6.07) is 7.63. The zero-order valence-electron chi connectivity index (χ0n) is 18.8. The average Bonchev–Trinajstić information content (AvgIpc) is 2.73. The van der Waals surface area contributed by atoms with Crippen LogP contribution in [-0.4, -0.2) is 47.6 Å². The number of amides is 1. The van der Waals surface area contributed by atoms with Crippen molar-refractivity contribution < 1.29 is 9.53 Å². The molecule has 0 saturated carbocycles. The van der Waals surface area contributed by atoms with Crippen LogP contribution in [0, 0.1) is 0 Å². The maximum Gasteiger partial charge on any atom is 0.330 e. The van der Waals surface area contributed by atoms with E-state index in [1.807, 2.05) is 50.1 Å². The molecule has 0 atom stereocenters. The molecule has 9 heteroatoms. The SMILES string of the molecule is CCCCN(C(=O)CN(C)Cc1ccc(OC)cc1)c1c(N)n(CCC)c(=O)[nH]c1=O. The summed E-state index contributed by atoms with van der Waals surface area (Å²) in [5.41, 5.74) is 6.06. The molecule has 31 heavy (non-hydrogen) atoms. The monoisotopic (exact) mass is 431 g/mol. The third-order valence-corrected chi connectivity index (χ3v) is 4.98. The number of anilines is 2. The van der Waals surface area contributed by atoms with Gasteiger partial charge in [-0.2, -0.15) is 0 Å². The second-order valence-corrected chi connectivity index (χ2v) is 7.56. The number of aromatic amines is 1. The van der Waals surface area contributed by atoms with Gasteiger partial charge in [0.2, 0.25) is 5.91 Å². The molecule has 3 N–H and O–H groups in total. The number of hydrogen-bond acceptors (Lipinski definition) is 6. The van der Waals surface area contributed by atoms with Gasteiger partial charge in [-0.15, -0.1) is 0 Å². The molecule has 1 heterocycles. The van der Waals surface area contributed by atoms with E-state index in [-0.39, 0.29) is 24.0 Å². The number of carbonyl (C=O) groups excluding carboxylic acids is 1. The van der Waals surface area contributed by atoms with Crippen molar-refractivity contribution in [1.29, 1.82) is 0 Å². The molecule has 0 fully saturated rings. The lowest BCUT2D eigenvalue weighted by Gasteiger charge is -2.26. The third-order valence-electron chi connectivity index (χ3n) is 4.98. The van der Waals surface area contributed by atoms with E-state index in [0.29, 0.717) is 32.5 Å². The van der Waals surface area contributed by atoms with Crippen LogP contribution >= 0.6 is 0 Å². The van der Waals surface area contributed by atoms with Crippen LogP contribution in [0.2, 0.25) is 0 Å². The number of ether oxygens (including phenoxy) is 1. The second-order valence-electron chi connectivity index (χ2n) is 7.56. The standard InChI is InChI=1S/C22H33N5O4/c1-5-7-13-26(19-20(23)27(12-6-2)22(30)24-21(19)29)18(28)15-25(3)14-16-8-10-17(31-4)11-9-16/h8-11H,5-7,12-15,23H2,1-4H3,(H,24,29,30). The predicted octanol–water partition coefficient (Wildman–Crippen LogP) is 1.80. The van der Waals surface area contributed by atoms with Gasteiger partial charge in [0, 0.05) is 19.6 Å². The van der Waals surface area contributed by atoms with Crippen LogP contribution in [0.25, 0.3) is 0 Å². The summed E-state index contributed by atoms with van der Waals surface area (Å²) in [4.78, 5) is 43.5. The van der Waals surface area contributed by atoms with E-state index in [1.165, 1.54) is 9.47 Å². The summed E-state index contributed by atoms with van der Waals surface area (Å²) in [6.45, 7) is 5.28. The number of aromatic nitrogens is 2. The summed E-state index contributed by atoms with van der Waals surface area (Å²) in [7, 11) is 3.45. The summed E-state index contributed by atoms with van der Waals surface area (Å²) >= 11 is 0. The highest BCUT2D eigenvalue weighted by Gasteiger charge is 2.24. The van der Waals surface area contributed by atoms with Crippen LogP contribution < -0.4 is 26.6 Å². The van der Waals surface area contributed by atoms with E-state index in [4.69, 9.17) is 10.5 Å². The minimum absolute atomic E-state index is 0.0258. The number of hydrogen-bond donors (Lipinski definition) is 2. The normalized spacial score (nSPS) is 11.0. The molecule has 0 bridgehead atoms. The van der Waals surface area contributed by atoms with E-state index >= 15 is 0 Å². The van der Waals surface area contributed by atoms with Crippen LogP contribution in [0.1, 0.15) is 38.7 Å². The Labute approximate surface area is 182 Å². The molecular formula is C22H33N5O4. The lowest BCUT2D eigenvalue weighted by Crippen LogP contribution is -2.45. The highest BCUT2D eigenvalue weighted by atomic mass is 16.5. The van der Waals surface area contributed by atoms with E-state index < -0.39 is 11.2 Å². The van der Waals surface area contributed by atoms with Crippen molar-refractivity contribution in [2.24, 2.45) is 0 Å². The van der Waals surface area contributed by atoms with Crippen LogP contribution in [-0.2, 0) is 17.9 Å². The summed E-state index contributed by atoms with van der Waals surface area (Å²) in [6.07, 6.45) is 2.22. The van der Waals surface area contributed by atoms with Crippen LogP contribution in [0.15, 0.2) is 33.9 Å². The molecule has 0 spiro atoms. The molecule has 170 valence electrons. The Balaban J connectivity index is 2.27. The Hall–Kier alpha value is -3.07. The van der Waals surface area contributed by atoms with Gasteiger partial charge in [0.25, 0.3) is 5.56 Å². The maximum absolute atomic E-state index is 13.2. The lowest BCUT2D eigenvalue weighted by atomic mass is 10.2. The van der Waals surface area contributed by atoms with E-state index in [1.54, 1.807) is 7.11 Å². The number of nitrogens with zero attached hydrogens (tertiary/aromatic N) is 3. The van der Waals surface area contributed by atoms with Crippen molar-refractivity contribution in [2.75, 3.05) is 37.9 Å². The minimum atomic E-state index is -0.642. The molecule has 0 saturated heterocycles. The maximum atomic E-state index is 13.2. The van der Waals surface area contributed by atoms with Crippen molar-refractivity contribution in [2.45, 2.75) is 46.2 Å². The number of nitrogens with two attached hydrogens (primary N) is 1. The van der Waals surface area contributed by atoms with Crippen molar-refractivity contribution in [3.05, 3.63) is 50.7 Å². The van der Waals surface area contributed by atoms with Crippen molar-refractivity contribution >= 4 is 17.4 Å². The van der Waals surface area contributed by atoms with Gasteiger partial charge in [0.05, 0.1) is 13.7 Å². The fraction of sp³-hybridized carbons (Fsp3) is 0.500. The average molecular weight is 432 g/mol. The summed E-state index contributed by atoms with van der Waals surface area (Å²) in [5, 5.41) is 0. The number of nitrogens with one attached hydrogen (secondary N) is 1. The molecule has 0 aliphatic heterocycles. The molecule has 0 unspecified atom stereocenters. The fourth-order valence-electron chi connectivity index (χ4n) is 3.38. The van der Waals surface area contributed by atoms with Crippen LogP contribution in [0.4, 0.5) is 11.5 Å². The van der Waals surface area contributed by atoms with Gasteiger partial charge in [0.1, 0.15) is 11.6 Å². The van der Waals surface area contributed by atoms with E-state index in [2.05, 4.69) is 4.98 Å². The first kappa shape index (κ1) is 24.2.